The number of benzene rings is 2. The highest BCUT2D eigenvalue weighted by molar-refractivity contribution is 5.84. The lowest BCUT2D eigenvalue weighted by molar-refractivity contribution is -0.137. The van der Waals surface area contributed by atoms with Gasteiger partial charge < -0.3 is 14.8 Å². The highest BCUT2D eigenvalue weighted by Crippen LogP contribution is 2.30. The van der Waals surface area contributed by atoms with Gasteiger partial charge in [-0.3, -0.25) is 0 Å². The molecular weight excluding hydrogens is 375 g/mol. The average Bonchev–Trinajstić information content (AvgIpc) is 3.06. The zero-order valence-electron chi connectivity index (χ0n) is 16.4. The first-order valence-corrected chi connectivity index (χ1v) is 10.2. The van der Waals surface area contributed by atoms with Crippen LogP contribution in [0.5, 0.6) is 0 Å². The summed E-state index contributed by atoms with van der Waals surface area (Å²) in [6.07, 6.45) is -0.149. The summed E-state index contributed by atoms with van der Waals surface area (Å²) in [6, 6.07) is 13.8. The van der Waals surface area contributed by atoms with Crippen molar-refractivity contribution in [3.05, 3.63) is 71.4 Å². The minimum absolute atomic E-state index is 0.433. The van der Waals surface area contributed by atoms with Crippen molar-refractivity contribution in [1.82, 2.24) is 14.8 Å². The molecule has 1 saturated heterocycles. The van der Waals surface area contributed by atoms with E-state index in [2.05, 4.69) is 27.0 Å². The molecular formula is C23H26F3N3. The molecule has 1 aromatic heterocycles. The Labute approximate surface area is 169 Å². The fourth-order valence-electron chi connectivity index (χ4n) is 4.12. The molecule has 6 heteroatoms. The summed E-state index contributed by atoms with van der Waals surface area (Å²) in [5, 5.41) is 4.57. The molecule has 3 nitrogen and oxygen atoms in total. The number of piperazine rings is 1. The Morgan fingerprint density at radius 3 is 2.55 bits per heavy atom. The number of aromatic nitrogens is 1. The van der Waals surface area contributed by atoms with Crippen LogP contribution in [0.25, 0.3) is 10.9 Å². The second kappa shape index (κ2) is 8.59. The van der Waals surface area contributed by atoms with E-state index in [9.17, 15) is 13.2 Å². The number of hydrogen-bond acceptors (Lipinski definition) is 2. The Bertz CT molecular complexity index is 955. The molecule has 0 unspecified atom stereocenters. The summed E-state index contributed by atoms with van der Waals surface area (Å²) in [5.41, 5.74) is 2.40. The average molecular weight is 401 g/mol. The third-order valence-corrected chi connectivity index (χ3v) is 5.61. The normalized spacial score (nSPS) is 15.8. The third-order valence-electron chi connectivity index (χ3n) is 5.61. The van der Waals surface area contributed by atoms with Gasteiger partial charge in [0, 0.05) is 49.8 Å². The van der Waals surface area contributed by atoms with E-state index in [0.29, 0.717) is 12.1 Å². The maximum absolute atomic E-state index is 13.0. The first-order valence-electron chi connectivity index (χ1n) is 10.2. The van der Waals surface area contributed by atoms with E-state index < -0.39 is 11.7 Å². The minimum Gasteiger partial charge on any atom is -0.343 e. The van der Waals surface area contributed by atoms with Gasteiger partial charge in [0.2, 0.25) is 0 Å². The van der Waals surface area contributed by atoms with Crippen LogP contribution in [0.15, 0.2) is 54.7 Å². The van der Waals surface area contributed by atoms with Crippen molar-refractivity contribution >= 4 is 10.9 Å². The van der Waals surface area contributed by atoms with Gasteiger partial charge in [-0.2, -0.15) is 13.2 Å². The molecule has 154 valence electrons. The number of rotatable bonds is 6. The Morgan fingerprint density at radius 1 is 0.966 bits per heavy atom. The van der Waals surface area contributed by atoms with E-state index in [0.717, 1.165) is 57.1 Å². The predicted octanol–water partition coefficient (Wildman–Crippen LogP) is 4.55. The molecule has 2 heterocycles. The van der Waals surface area contributed by atoms with Gasteiger partial charge >= 0.3 is 6.18 Å². The second-order valence-electron chi connectivity index (χ2n) is 7.69. The van der Waals surface area contributed by atoms with Crippen molar-refractivity contribution in [2.45, 2.75) is 25.6 Å². The van der Waals surface area contributed by atoms with Crippen molar-refractivity contribution in [3.8, 4) is 0 Å². The number of halogens is 3. The molecule has 1 fully saturated rings. The summed E-state index contributed by atoms with van der Waals surface area (Å²) >= 11 is 0. The highest BCUT2D eigenvalue weighted by atomic mass is 19.4. The zero-order chi connectivity index (χ0) is 20.3. The molecule has 0 spiro atoms. The summed E-state index contributed by atoms with van der Waals surface area (Å²) < 4.78 is 41.2. The van der Waals surface area contributed by atoms with E-state index in [1.54, 1.807) is 6.07 Å². The Hall–Kier alpha value is -2.31. The van der Waals surface area contributed by atoms with Gasteiger partial charge in [-0.25, -0.2) is 0 Å². The Morgan fingerprint density at radius 2 is 1.76 bits per heavy atom. The Balaban J connectivity index is 1.51. The predicted molar refractivity (Wildman–Crippen MR) is 110 cm³/mol. The SMILES string of the molecule is FC(F)(F)c1cccc(Cn2cc(CCCN3CCNCC3)c3ccccc32)c1. The number of fused-ring (bicyclic) bond motifs is 1. The molecule has 4 rings (SSSR count). The Kier molecular flexibility index (Phi) is 5.92. The molecule has 0 amide bonds. The van der Waals surface area contributed by atoms with Gasteiger partial charge in [0.25, 0.3) is 0 Å². The van der Waals surface area contributed by atoms with Crippen LogP contribution >= 0.6 is 0 Å². The molecule has 1 aliphatic heterocycles. The monoisotopic (exact) mass is 401 g/mol. The number of nitrogens with zero attached hydrogens (tertiary/aromatic N) is 2. The van der Waals surface area contributed by atoms with Gasteiger partial charge in [-0.05, 0) is 48.7 Å². The van der Waals surface area contributed by atoms with Crippen LogP contribution in [0.3, 0.4) is 0 Å². The van der Waals surface area contributed by atoms with E-state index in [1.807, 2.05) is 18.2 Å². The lowest BCUT2D eigenvalue weighted by Crippen LogP contribution is -2.43. The van der Waals surface area contributed by atoms with Crippen molar-refractivity contribution in [3.63, 3.8) is 0 Å². The second-order valence-corrected chi connectivity index (χ2v) is 7.69. The van der Waals surface area contributed by atoms with E-state index in [-0.39, 0.29) is 0 Å². The van der Waals surface area contributed by atoms with E-state index in [1.165, 1.54) is 23.1 Å². The number of aryl methyl sites for hydroxylation is 1. The number of para-hydroxylation sites is 1. The molecule has 0 atom stereocenters. The quantitative estimate of drug-likeness (QED) is 0.654. The van der Waals surface area contributed by atoms with Gasteiger partial charge in [-0.15, -0.1) is 0 Å². The molecule has 2 aromatic carbocycles. The highest BCUT2D eigenvalue weighted by Gasteiger charge is 2.30. The third kappa shape index (κ3) is 4.82. The molecule has 1 N–H and O–H groups in total. The maximum atomic E-state index is 13.0. The van der Waals surface area contributed by atoms with Crippen LogP contribution in [0.4, 0.5) is 13.2 Å². The number of alkyl halides is 3. The minimum atomic E-state index is -4.32. The first kappa shape index (κ1) is 20.0. The number of hydrogen-bond donors (Lipinski definition) is 1. The largest absolute Gasteiger partial charge is 0.416 e. The van der Waals surface area contributed by atoms with Crippen molar-refractivity contribution in [2.24, 2.45) is 0 Å². The summed E-state index contributed by atoms with van der Waals surface area (Å²) in [5.74, 6) is 0. The van der Waals surface area contributed by atoms with Crippen LogP contribution in [0.2, 0.25) is 0 Å². The van der Waals surface area contributed by atoms with Crippen LogP contribution in [0, 0.1) is 0 Å². The van der Waals surface area contributed by atoms with E-state index >= 15 is 0 Å². The molecule has 29 heavy (non-hydrogen) atoms. The van der Waals surface area contributed by atoms with E-state index in [4.69, 9.17) is 0 Å². The zero-order valence-corrected chi connectivity index (χ0v) is 16.4. The smallest absolute Gasteiger partial charge is 0.343 e. The summed E-state index contributed by atoms with van der Waals surface area (Å²) in [7, 11) is 0. The van der Waals surface area contributed by atoms with Crippen LogP contribution in [0.1, 0.15) is 23.1 Å². The van der Waals surface area contributed by atoms with Crippen LogP contribution in [-0.2, 0) is 19.1 Å². The number of nitrogens with one attached hydrogen (secondary N) is 1. The van der Waals surface area contributed by atoms with Crippen LogP contribution in [-0.4, -0.2) is 42.2 Å². The maximum Gasteiger partial charge on any atom is 0.416 e. The molecule has 0 bridgehead atoms. The standard InChI is InChI=1S/C23H26F3N3/c24-23(25,26)20-7-3-5-18(15-20)16-29-17-19(21-8-1-2-9-22(21)29)6-4-12-28-13-10-27-11-14-28/h1-3,5,7-9,15,17,27H,4,6,10-14,16H2. The van der Waals surface area contributed by atoms with Crippen molar-refractivity contribution in [1.29, 1.82) is 0 Å². The van der Waals surface area contributed by atoms with Gasteiger partial charge in [0.05, 0.1) is 5.56 Å². The van der Waals surface area contributed by atoms with Gasteiger partial charge in [-0.1, -0.05) is 30.3 Å². The first-order chi connectivity index (χ1) is 14.0. The molecule has 0 aliphatic carbocycles. The lowest BCUT2D eigenvalue weighted by Gasteiger charge is -2.26. The fourth-order valence-corrected chi connectivity index (χ4v) is 4.12. The molecule has 3 aromatic rings. The van der Waals surface area contributed by atoms with Crippen molar-refractivity contribution in [2.75, 3.05) is 32.7 Å². The molecule has 0 radical (unpaired) electrons. The van der Waals surface area contributed by atoms with Crippen LogP contribution < -0.4 is 5.32 Å². The molecule has 1 aliphatic rings. The summed E-state index contributed by atoms with van der Waals surface area (Å²) in [6.45, 7) is 5.80. The van der Waals surface area contributed by atoms with Gasteiger partial charge in [0.1, 0.15) is 0 Å². The topological polar surface area (TPSA) is 20.2 Å². The lowest BCUT2D eigenvalue weighted by atomic mass is 10.1. The molecule has 0 saturated carbocycles. The summed E-state index contributed by atoms with van der Waals surface area (Å²) in [4.78, 5) is 2.48. The van der Waals surface area contributed by atoms with Gasteiger partial charge in [0.15, 0.2) is 0 Å². The fraction of sp³-hybridized carbons (Fsp3) is 0.391. The van der Waals surface area contributed by atoms with Crippen molar-refractivity contribution < 1.29 is 13.2 Å².